The fourth-order valence-corrected chi connectivity index (χ4v) is 3.69. The van der Waals surface area contributed by atoms with E-state index in [2.05, 4.69) is 15.2 Å². The van der Waals surface area contributed by atoms with Crippen LogP contribution >= 0.6 is 35.6 Å². The van der Waals surface area contributed by atoms with Crippen molar-refractivity contribution >= 4 is 47.4 Å². The molecule has 146 valence electrons. The maximum absolute atomic E-state index is 12.7. The van der Waals surface area contributed by atoms with Crippen LogP contribution in [0.15, 0.2) is 29.3 Å². The smallest absolute Gasteiger partial charge is 0.230 e. The molecule has 0 aromatic heterocycles. The van der Waals surface area contributed by atoms with Gasteiger partial charge in [0.1, 0.15) is 0 Å². The van der Waals surface area contributed by atoms with Gasteiger partial charge in [-0.25, -0.2) is 0 Å². The summed E-state index contributed by atoms with van der Waals surface area (Å²) in [6, 6.07) is 7.81. The summed E-state index contributed by atoms with van der Waals surface area (Å²) in [4.78, 5) is 20.8. The summed E-state index contributed by atoms with van der Waals surface area (Å²) < 4.78 is 0. The molecule has 1 aromatic carbocycles. The Hall–Kier alpha value is -1.02. The third kappa shape index (κ3) is 5.74. The van der Waals surface area contributed by atoms with Gasteiger partial charge in [-0.3, -0.25) is 9.79 Å². The fourth-order valence-electron chi connectivity index (χ4n) is 3.56. The Morgan fingerprint density at radius 3 is 2.27 bits per heavy atom. The van der Waals surface area contributed by atoms with Gasteiger partial charge in [-0.15, -0.1) is 24.0 Å². The van der Waals surface area contributed by atoms with Crippen LogP contribution in [0.4, 0.5) is 0 Å². The Morgan fingerprint density at radius 2 is 1.77 bits per heavy atom. The minimum atomic E-state index is -0.305. The maximum atomic E-state index is 12.7. The number of carbonyl (C=O) groups excluding carboxylic acids is 1. The van der Waals surface area contributed by atoms with E-state index >= 15 is 0 Å². The molecule has 26 heavy (non-hydrogen) atoms. The van der Waals surface area contributed by atoms with Crippen LogP contribution in [0.25, 0.3) is 0 Å². The predicted octanol–water partition coefficient (Wildman–Crippen LogP) is 3.61. The molecular formula is C19H30ClIN4O. The van der Waals surface area contributed by atoms with Crippen molar-refractivity contribution in [3.8, 4) is 0 Å². The minimum absolute atomic E-state index is 0. The number of nitrogens with zero attached hydrogens (tertiary/aromatic N) is 3. The van der Waals surface area contributed by atoms with Gasteiger partial charge in [-0.1, -0.05) is 36.6 Å². The van der Waals surface area contributed by atoms with Crippen LogP contribution in [0.5, 0.6) is 0 Å². The number of halogens is 2. The Labute approximate surface area is 179 Å². The van der Waals surface area contributed by atoms with E-state index in [0.717, 1.165) is 48.8 Å². The second-order valence-corrected chi connectivity index (χ2v) is 7.51. The molecular weight excluding hydrogens is 463 g/mol. The Balaban J connectivity index is 0.00000338. The van der Waals surface area contributed by atoms with Crippen molar-refractivity contribution in [3.63, 3.8) is 0 Å². The maximum Gasteiger partial charge on any atom is 0.230 e. The standard InChI is InChI=1S/C19H29ClN4O.HI/c1-21-18(24(4)13-15-7-9-16(20)10-8-15)22-14-19(11-5-6-12-19)17(25)23(2)3;/h7-10H,5-6,11-14H2,1-4H3,(H,21,22);1H. The highest BCUT2D eigenvalue weighted by Gasteiger charge is 2.42. The second kappa shape index (κ2) is 10.3. The average molecular weight is 493 g/mol. The number of guanidine groups is 1. The molecule has 7 heteroatoms. The molecule has 0 atom stereocenters. The lowest BCUT2D eigenvalue weighted by Crippen LogP contribution is -2.49. The van der Waals surface area contributed by atoms with Gasteiger partial charge in [0.2, 0.25) is 5.91 Å². The van der Waals surface area contributed by atoms with Crippen molar-refractivity contribution in [2.24, 2.45) is 10.4 Å². The largest absolute Gasteiger partial charge is 0.355 e. The highest BCUT2D eigenvalue weighted by Crippen LogP contribution is 2.38. The van der Waals surface area contributed by atoms with Gasteiger partial charge in [-0.05, 0) is 30.5 Å². The van der Waals surface area contributed by atoms with Crippen LogP contribution in [0.1, 0.15) is 31.2 Å². The van der Waals surface area contributed by atoms with Crippen LogP contribution in [-0.2, 0) is 11.3 Å². The first-order chi connectivity index (χ1) is 11.9. The number of rotatable bonds is 5. The van der Waals surface area contributed by atoms with Gasteiger partial charge in [0.25, 0.3) is 0 Å². The summed E-state index contributed by atoms with van der Waals surface area (Å²) in [5, 5.41) is 4.16. The number of aliphatic imine (C=N–C) groups is 1. The van der Waals surface area contributed by atoms with Gasteiger partial charge in [0, 0.05) is 46.3 Å². The zero-order valence-corrected chi connectivity index (χ0v) is 19.2. The lowest BCUT2D eigenvalue weighted by molar-refractivity contribution is -0.138. The van der Waals surface area contributed by atoms with Crippen molar-refractivity contribution in [3.05, 3.63) is 34.9 Å². The van der Waals surface area contributed by atoms with Crippen molar-refractivity contribution in [1.29, 1.82) is 0 Å². The summed E-state index contributed by atoms with van der Waals surface area (Å²) in [6.45, 7) is 1.35. The first-order valence-electron chi connectivity index (χ1n) is 8.76. The number of carbonyl (C=O) groups is 1. The Kier molecular flexibility index (Phi) is 9.16. The van der Waals surface area contributed by atoms with Crippen molar-refractivity contribution in [2.75, 3.05) is 34.7 Å². The zero-order chi connectivity index (χ0) is 18.4. The van der Waals surface area contributed by atoms with E-state index in [-0.39, 0.29) is 35.3 Å². The van der Waals surface area contributed by atoms with E-state index in [4.69, 9.17) is 11.6 Å². The molecule has 1 amide bonds. The fraction of sp³-hybridized carbons (Fsp3) is 0.579. The number of hydrogen-bond donors (Lipinski definition) is 1. The molecule has 2 rings (SSSR count). The molecule has 0 heterocycles. The van der Waals surface area contributed by atoms with Crippen LogP contribution in [0, 0.1) is 5.41 Å². The topological polar surface area (TPSA) is 47.9 Å². The first kappa shape index (κ1) is 23.0. The molecule has 0 bridgehead atoms. The van der Waals surface area contributed by atoms with E-state index in [0.29, 0.717) is 6.54 Å². The van der Waals surface area contributed by atoms with Crippen molar-refractivity contribution in [2.45, 2.75) is 32.2 Å². The quantitative estimate of drug-likeness (QED) is 0.388. The SMILES string of the molecule is CN=C(NCC1(C(=O)N(C)C)CCCC1)N(C)Cc1ccc(Cl)cc1.I. The Bertz CT molecular complexity index is 612. The monoisotopic (exact) mass is 492 g/mol. The molecule has 5 nitrogen and oxygen atoms in total. The van der Waals surface area contributed by atoms with Gasteiger partial charge in [-0.2, -0.15) is 0 Å². The lowest BCUT2D eigenvalue weighted by Gasteiger charge is -2.32. The number of nitrogens with one attached hydrogen (secondary N) is 1. The molecule has 0 saturated heterocycles. The normalized spacial score (nSPS) is 16.0. The summed E-state index contributed by atoms with van der Waals surface area (Å²) in [6.07, 6.45) is 4.10. The summed E-state index contributed by atoms with van der Waals surface area (Å²) in [5.41, 5.74) is 0.857. The van der Waals surface area contributed by atoms with Crippen molar-refractivity contribution < 1.29 is 4.79 Å². The van der Waals surface area contributed by atoms with E-state index in [9.17, 15) is 4.79 Å². The molecule has 1 saturated carbocycles. The van der Waals surface area contributed by atoms with Crippen LogP contribution in [0.3, 0.4) is 0 Å². The van der Waals surface area contributed by atoms with Gasteiger partial charge < -0.3 is 15.1 Å². The van der Waals surface area contributed by atoms with E-state index < -0.39 is 0 Å². The summed E-state index contributed by atoms with van der Waals surface area (Å²) in [7, 11) is 7.45. The molecule has 1 N–H and O–H groups in total. The van der Waals surface area contributed by atoms with E-state index in [1.807, 2.05) is 45.4 Å². The van der Waals surface area contributed by atoms with Gasteiger partial charge in [0.15, 0.2) is 5.96 Å². The second-order valence-electron chi connectivity index (χ2n) is 7.07. The average Bonchev–Trinajstić information content (AvgIpc) is 3.06. The Morgan fingerprint density at radius 1 is 1.19 bits per heavy atom. The van der Waals surface area contributed by atoms with E-state index in [1.165, 1.54) is 0 Å². The number of benzene rings is 1. The zero-order valence-electron chi connectivity index (χ0n) is 16.1. The molecule has 0 spiro atoms. The molecule has 0 aliphatic heterocycles. The molecule has 1 fully saturated rings. The number of amides is 1. The number of hydrogen-bond acceptors (Lipinski definition) is 2. The van der Waals surface area contributed by atoms with E-state index in [1.54, 1.807) is 11.9 Å². The predicted molar refractivity (Wildman–Crippen MR) is 119 cm³/mol. The lowest BCUT2D eigenvalue weighted by atomic mass is 9.84. The van der Waals surface area contributed by atoms with Crippen molar-refractivity contribution in [1.82, 2.24) is 15.1 Å². The molecule has 1 aromatic rings. The highest BCUT2D eigenvalue weighted by atomic mass is 127. The summed E-state index contributed by atoms with van der Waals surface area (Å²) in [5.74, 6) is 1.01. The van der Waals surface area contributed by atoms with Crippen LogP contribution in [-0.4, -0.2) is 56.4 Å². The molecule has 0 unspecified atom stereocenters. The third-order valence-electron chi connectivity index (χ3n) is 4.91. The van der Waals surface area contributed by atoms with Gasteiger partial charge in [0.05, 0.1) is 5.41 Å². The van der Waals surface area contributed by atoms with Crippen LogP contribution in [0.2, 0.25) is 5.02 Å². The molecule has 1 aliphatic carbocycles. The summed E-state index contributed by atoms with van der Waals surface area (Å²) >= 11 is 5.95. The highest BCUT2D eigenvalue weighted by molar-refractivity contribution is 14.0. The minimum Gasteiger partial charge on any atom is -0.355 e. The third-order valence-corrected chi connectivity index (χ3v) is 5.16. The molecule has 0 radical (unpaired) electrons. The van der Waals surface area contributed by atoms with Gasteiger partial charge >= 0.3 is 0 Å². The molecule has 1 aliphatic rings. The first-order valence-corrected chi connectivity index (χ1v) is 9.14. The van der Waals surface area contributed by atoms with Crippen LogP contribution < -0.4 is 5.32 Å².